The molecule has 284 valence electrons. The van der Waals surface area contributed by atoms with Crippen molar-refractivity contribution in [2.45, 2.75) is 0 Å². The lowest BCUT2D eigenvalue weighted by atomic mass is 9.90. The lowest BCUT2D eigenvalue weighted by molar-refractivity contribution is 1.33. The summed E-state index contributed by atoms with van der Waals surface area (Å²) in [5.41, 5.74) is 14.1. The summed E-state index contributed by atoms with van der Waals surface area (Å²) < 4.78 is 1.27. The first kappa shape index (κ1) is 35.2. The van der Waals surface area contributed by atoms with Gasteiger partial charge in [-0.25, -0.2) is 4.98 Å². The Kier molecular flexibility index (Phi) is 8.39. The van der Waals surface area contributed by atoms with E-state index in [-0.39, 0.29) is 0 Å². The molecule has 0 atom stereocenters. The first-order valence-electron chi connectivity index (χ1n) is 20.7. The molecule has 0 bridgehead atoms. The van der Waals surface area contributed by atoms with Crippen molar-refractivity contribution in [3.63, 3.8) is 0 Å². The van der Waals surface area contributed by atoms with E-state index in [0.29, 0.717) is 0 Å². The molecule has 9 aromatic carbocycles. The standard InChI is InChI=1S/C58H36N2S/c1-2-20-51-49(18-1)50-19-3-4-21-52(50)56-35-42(25-26-53(51)56)38-12-6-15-41(30-38)46-32-45(33-47(34-46)44-17-9-27-59-36-44)40-14-5-11-37(29-40)39-13-7-16-43(31-39)48-22-8-23-54-55-24-10-28-60-58(55)61-57(48)54/h1-36H. The smallest absolute Gasteiger partial charge is 0.124 e. The van der Waals surface area contributed by atoms with E-state index in [1.807, 2.05) is 30.7 Å². The lowest BCUT2D eigenvalue weighted by Gasteiger charge is -2.14. The van der Waals surface area contributed by atoms with Crippen LogP contribution in [0.3, 0.4) is 0 Å². The molecule has 0 fully saturated rings. The Hall–Kier alpha value is -7.72. The van der Waals surface area contributed by atoms with Crippen LogP contribution < -0.4 is 0 Å². The van der Waals surface area contributed by atoms with Gasteiger partial charge in [0.25, 0.3) is 0 Å². The van der Waals surface area contributed by atoms with E-state index in [1.54, 1.807) is 11.3 Å². The van der Waals surface area contributed by atoms with Gasteiger partial charge in [0.05, 0.1) is 0 Å². The van der Waals surface area contributed by atoms with Crippen LogP contribution in [0.25, 0.3) is 119 Å². The zero-order chi connectivity index (χ0) is 40.3. The molecule has 61 heavy (non-hydrogen) atoms. The number of thiophene rings is 1. The molecule has 0 saturated heterocycles. The zero-order valence-electron chi connectivity index (χ0n) is 33.1. The second-order valence-electron chi connectivity index (χ2n) is 15.8. The summed E-state index contributed by atoms with van der Waals surface area (Å²) in [6, 6.07) is 73.3. The van der Waals surface area contributed by atoms with Gasteiger partial charge < -0.3 is 0 Å². The summed E-state index contributed by atoms with van der Waals surface area (Å²) in [7, 11) is 0. The minimum atomic E-state index is 1.07. The van der Waals surface area contributed by atoms with Crippen molar-refractivity contribution in [3.05, 3.63) is 219 Å². The van der Waals surface area contributed by atoms with Crippen LogP contribution in [-0.4, -0.2) is 9.97 Å². The van der Waals surface area contributed by atoms with Gasteiger partial charge in [-0.15, -0.1) is 11.3 Å². The van der Waals surface area contributed by atoms with Gasteiger partial charge in [-0.1, -0.05) is 140 Å². The Morgan fingerprint density at radius 1 is 0.279 bits per heavy atom. The van der Waals surface area contributed by atoms with Crippen molar-refractivity contribution in [1.29, 1.82) is 0 Å². The quantitative estimate of drug-likeness (QED) is 0.157. The number of fused-ring (bicyclic) bond motifs is 9. The first-order chi connectivity index (χ1) is 30.2. The van der Waals surface area contributed by atoms with Gasteiger partial charge in [0.1, 0.15) is 4.83 Å². The van der Waals surface area contributed by atoms with Crippen molar-refractivity contribution in [2.24, 2.45) is 0 Å². The third kappa shape index (κ3) is 6.18. The van der Waals surface area contributed by atoms with Crippen molar-refractivity contribution in [1.82, 2.24) is 9.97 Å². The second-order valence-corrected chi connectivity index (χ2v) is 16.8. The largest absolute Gasteiger partial charge is 0.264 e. The Bertz CT molecular complexity index is 3620. The molecule has 0 aliphatic rings. The molecule has 0 saturated carbocycles. The second kappa shape index (κ2) is 14.5. The van der Waals surface area contributed by atoms with E-state index < -0.39 is 0 Å². The van der Waals surface area contributed by atoms with Gasteiger partial charge in [0.15, 0.2) is 0 Å². The normalized spacial score (nSPS) is 11.6. The molecule has 0 aliphatic carbocycles. The molecule has 3 heteroatoms. The summed E-state index contributed by atoms with van der Waals surface area (Å²) >= 11 is 1.77. The molecule has 0 spiro atoms. The molecular weight excluding hydrogens is 757 g/mol. The van der Waals surface area contributed by atoms with Gasteiger partial charge >= 0.3 is 0 Å². The third-order valence-corrected chi connectivity index (χ3v) is 13.3. The molecule has 0 amide bonds. The predicted octanol–water partition coefficient (Wildman–Crippen LogP) is 16.3. The van der Waals surface area contributed by atoms with E-state index in [4.69, 9.17) is 0 Å². The van der Waals surface area contributed by atoms with Crippen LogP contribution in [0.15, 0.2) is 219 Å². The molecule has 3 heterocycles. The highest BCUT2D eigenvalue weighted by Crippen LogP contribution is 2.42. The summed E-state index contributed by atoms with van der Waals surface area (Å²) in [5, 5.41) is 10.2. The van der Waals surface area contributed by atoms with Crippen molar-refractivity contribution < 1.29 is 0 Å². The zero-order valence-corrected chi connectivity index (χ0v) is 33.9. The van der Waals surface area contributed by atoms with E-state index in [1.165, 1.54) is 86.7 Å². The summed E-state index contributed by atoms with van der Waals surface area (Å²) in [6.45, 7) is 0. The summed E-state index contributed by atoms with van der Waals surface area (Å²) in [6.07, 6.45) is 5.67. The highest BCUT2D eigenvalue weighted by atomic mass is 32.1. The Morgan fingerprint density at radius 3 is 1.34 bits per heavy atom. The average Bonchev–Trinajstić information content (AvgIpc) is 3.73. The Labute approximate surface area is 357 Å². The number of rotatable bonds is 6. The van der Waals surface area contributed by atoms with Gasteiger partial charge in [-0.2, -0.15) is 0 Å². The number of benzene rings is 9. The third-order valence-electron chi connectivity index (χ3n) is 12.2. The molecule has 0 N–H and O–H groups in total. The van der Waals surface area contributed by atoms with E-state index in [2.05, 4.69) is 198 Å². The van der Waals surface area contributed by atoms with Crippen LogP contribution in [0.4, 0.5) is 0 Å². The van der Waals surface area contributed by atoms with E-state index in [0.717, 1.165) is 32.6 Å². The monoisotopic (exact) mass is 792 g/mol. The summed E-state index contributed by atoms with van der Waals surface area (Å²) in [4.78, 5) is 10.2. The molecular formula is C58H36N2S. The van der Waals surface area contributed by atoms with E-state index >= 15 is 0 Å². The predicted molar refractivity (Wildman–Crippen MR) is 260 cm³/mol. The number of aromatic nitrogens is 2. The summed E-state index contributed by atoms with van der Waals surface area (Å²) in [5.74, 6) is 0. The van der Waals surface area contributed by atoms with Gasteiger partial charge in [-0.3, -0.25) is 4.98 Å². The fraction of sp³-hybridized carbons (Fsp3) is 0. The Morgan fingerprint density at radius 2 is 0.721 bits per heavy atom. The van der Waals surface area contributed by atoms with Gasteiger partial charge in [0, 0.05) is 39.6 Å². The molecule has 2 nitrogen and oxygen atoms in total. The van der Waals surface area contributed by atoms with Crippen LogP contribution in [-0.2, 0) is 0 Å². The average molecular weight is 793 g/mol. The first-order valence-corrected chi connectivity index (χ1v) is 21.5. The highest BCUT2D eigenvalue weighted by Gasteiger charge is 2.15. The van der Waals surface area contributed by atoms with Crippen LogP contribution in [0.2, 0.25) is 0 Å². The molecule has 3 aromatic heterocycles. The number of nitrogens with zero attached hydrogens (tertiary/aromatic N) is 2. The maximum Gasteiger partial charge on any atom is 0.124 e. The van der Waals surface area contributed by atoms with E-state index in [9.17, 15) is 0 Å². The van der Waals surface area contributed by atoms with Crippen LogP contribution >= 0.6 is 11.3 Å². The minimum absolute atomic E-state index is 1.07. The van der Waals surface area contributed by atoms with Gasteiger partial charge in [-0.05, 0) is 154 Å². The number of pyridine rings is 2. The fourth-order valence-electron chi connectivity index (χ4n) is 9.23. The molecule has 12 rings (SSSR count). The van der Waals surface area contributed by atoms with Crippen molar-refractivity contribution >= 4 is 64.0 Å². The maximum absolute atomic E-state index is 4.67. The molecule has 0 aliphatic heterocycles. The SMILES string of the molecule is c1cncc(-c2cc(-c3cccc(-c4cccc(-c5cccc6c5sc5ncccc56)c4)c3)cc(-c3cccc(-c4ccc5c6ccccc6c6ccccc6c5c4)c3)c2)c1. The van der Waals surface area contributed by atoms with Gasteiger partial charge in [0.2, 0.25) is 0 Å². The van der Waals surface area contributed by atoms with Crippen molar-refractivity contribution in [3.8, 4) is 66.8 Å². The number of hydrogen-bond donors (Lipinski definition) is 0. The van der Waals surface area contributed by atoms with Crippen LogP contribution in [0.1, 0.15) is 0 Å². The topological polar surface area (TPSA) is 25.8 Å². The molecule has 0 radical (unpaired) electrons. The van der Waals surface area contributed by atoms with Crippen LogP contribution in [0, 0.1) is 0 Å². The van der Waals surface area contributed by atoms with Crippen molar-refractivity contribution in [2.75, 3.05) is 0 Å². The fourth-order valence-corrected chi connectivity index (χ4v) is 10.4. The minimum Gasteiger partial charge on any atom is -0.264 e. The molecule has 12 aromatic rings. The molecule has 0 unspecified atom stereocenters. The number of hydrogen-bond acceptors (Lipinski definition) is 3. The maximum atomic E-state index is 4.67. The van der Waals surface area contributed by atoms with Crippen LogP contribution in [0.5, 0.6) is 0 Å². The highest BCUT2D eigenvalue weighted by molar-refractivity contribution is 7.26. The lowest BCUT2D eigenvalue weighted by Crippen LogP contribution is -1.89. The Balaban J connectivity index is 0.950.